The van der Waals surface area contributed by atoms with Gasteiger partial charge in [0.2, 0.25) is 0 Å². The van der Waals surface area contributed by atoms with Gasteiger partial charge in [0.25, 0.3) is 0 Å². The normalized spacial score (nSPS) is 13.6. The Balaban J connectivity index is 1.87. The monoisotopic (exact) mass is 353 g/mol. The molecule has 0 bridgehead atoms. The first-order chi connectivity index (χ1) is 12.1. The maximum absolute atomic E-state index is 6.48. The molecule has 1 heterocycles. The van der Waals surface area contributed by atoms with Gasteiger partial charge in [0, 0.05) is 28.9 Å². The lowest BCUT2D eigenvalue weighted by molar-refractivity contribution is 0.417. The largest absolute Gasteiger partial charge is 0.328 e. The summed E-state index contributed by atoms with van der Waals surface area (Å²) in [6, 6.07) is 18.4. The smallest absolute Gasteiger partial charge is 0.140 e. The van der Waals surface area contributed by atoms with Crippen LogP contribution in [0, 0.1) is 6.92 Å². The van der Waals surface area contributed by atoms with Crippen molar-refractivity contribution >= 4 is 11.6 Å². The number of imidazole rings is 1. The van der Waals surface area contributed by atoms with Crippen LogP contribution >= 0.6 is 11.6 Å². The molecule has 0 saturated heterocycles. The Kier molecular flexibility index (Phi) is 5.57. The Morgan fingerprint density at radius 1 is 1.08 bits per heavy atom. The molecule has 1 aromatic heterocycles. The zero-order valence-electron chi connectivity index (χ0n) is 14.7. The van der Waals surface area contributed by atoms with E-state index in [0.717, 1.165) is 40.5 Å². The van der Waals surface area contributed by atoms with Gasteiger partial charge in [0.15, 0.2) is 0 Å². The number of rotatable bonds is 6. The molecule has 4 heteroatoms. The first-order valence-electron chi connectivity index (χ1n) is 8.70. The van der Waals surface area contributed by atoms with Crippen LogP contribution < -0.4 is 5.73 Å². The standard InChI is InChI=1S/C21H24ClN3/c1-3-19(13-20(23)16-9-11-18(22)12-10-16)25-14-15(2)24-21(25)17-7-5-4-6-8-17/h4-12,14,19-20H,3,13,23H2,1-2H3. The Bertz CT molecular complexity index is 809. The van der Waals surface area contributed by atoms with Crippen molar-refractivity contribution in [2.75, 3.05) is 0 Å². The summed E-state index contributed by atoms with van der Waals surface area (Å²) in [6.07, 6.45) is 3.98. The highest BCUT2D eigenvalue weighted by Gasteiger charge is 2.19. The second-order valence-corrected chi connectivity index (χ2v) is 6.87. The maximum Gasteiger partial charge on any atom is 0.140 e. The van der Waals surface area contributed by atoms with Crippen molar-refractivity contribution in [1.82, 2.24) is 9.55 Å². The maximum atomic E-state index is 6.48. The molecule has 0 amide bonds. The summed E-state index contributed by atoms with van der Waals surface area (Å²) in [5.41, 5.74) is 9.75. The highest BCUT2D eigenvalue weighted by molar-refractivity contribution is 6.30. The first kappa shape index (κ1) is 17.7. The van der Waals surface area contributed by atoms with Gasteiger partial charge in [-0.25, -0.2) is 4.98 Å². The quantitative estimate of drug-likeness (QED) is 0.631. The number of benzene rings is 2. The minimum absolute atomic E-state index is 0.0338. The Hall–Kier alpha value is -2.10. The van der Waals surface area contributed by atoms with Gasteiger partial charge in [-0.2, -0.15) is 0 Å². The minimum Gasteiger partial charge on any atom is -0.328 e. The summed E-state index contributed by atoms with van der Waals surface area (Å²) in [5, 5.41) is 0.736. The fraction of sp³-hybridized carbons (Fsp3) is 0.286. The van der Waals surface area contributed by atoms with E-state index in [1.807, 2.05) is 49.4 Å². The lowest BCUT2D eigenvalue weighted by atomic mass is 9.98. The van der Waals surface area contributed by atoms with E-state index in [0.29, 0.717) is 6.04 Å². The summed E-state index contributed by atoms with van der Waals surface area (Å²) in [5.74, 6) is 1.01. The van der Waals surface area contributed by atoms with Gasteiger partial charge in [-0.05, 0) is 37.5 Å². The molecule has 2 N–H and O–H groups in total. The molecule has 3 nitrogen and oxygen atoms in total. The van der Waals surface area contributed by atoms with E-state index in [9.17, 15) is 0 Å². The second-order valence-electron chi connectivity index (χ2n) is 6.44. The molecule has 0 saturated carbocycles. The number of aromatic nitrogens is 2. The molecular formula is C21H24ClN3. The van der Waals surface area contributed by atoms with Crippen molar-refractivity contribution in [2.24, 2.45) is 5.73 Å². The fourth-order valence-electron chi connectivity index (χ4n) is 3.21. The summed E-state index contributed by atoms with van der Waals surface area (Å²) in [6.45, 7) is 4.23. The molecular weight excluding hydrogens is 330 g/mol. The average Bonchev–Trinajstić information content (AvgIpc) is 3.02. The SMILES string of the molecule is CCC(CC(N)c1ccc(Cl)cc1)n1cc(C)nc1-c1ccccc1. The zero-order chi connectivity index (χ0) is 17.8. The van der Waals surface area contributed by atoms with Crippen LogP contribution in [-0.4, -0.2) is 9.55 Å². The summed E-state index contributed by atoms with van der Waals surface area (Å²) < 4.78 is 2.28. The van der Waals surface area contributed by atoms with Crippen molar-refractivity contribution in [3.05, 3.63) is 77.1 Å². The number of halogens is 1. The third kappa shape index (κ3) is 4.12. The third-order valence-electron chi connectivity index (χ3n) is 4.57. The van der Waals surface area contributed by atoms with Crippen LogP contribution in [0.25, 0.3) is 11.4 Å². The van der Waals surface area contributed by atoms with Crippen molar-refractivity contribution in [2.45, 2.75) is 38.8 Å². The van der Waals surface area contributed by atoms with E-state index in [4.69, 9.17) is 22.3 Å². The molecule has 25 heavy (non-hydrogen) atoms. The van der Waals surface area contributed by atoms with E-state index in [1.54, 1.807) is 0 Å². The lowest BCUT2D eigenvalue weighted by Crippen LogP contribution is -2.18. The Labute approximate surface area is 154 Å². The van der Waals surface area contributed by atoms with Crippen molar-refractivity contribution in [1.29, 1.82) is 0 Å². The van der Waals surface area contributed by atoms with Gasteiger partial charge in [-0.3, -0.25) is 0 Å². The molecule has 2 atom stereocenters. The third-order valence-corrected chi connectivity index (χ3v) is 4.83. The van der Waals surface area contributed by atoms with Gasteiger partial charge < -0.3 is 10.3 Å². The summed E-state index contributed by atoms with van der Waals surface area (Å²) >= 11 is 5.98. The van der Waals surface area contributed by atoms with E-state index in [2.05, 4.69) is 29.8 Å². The van der Waals surface area contributed by atoms with E-state index < -0.39 is 0 Å². The molecule has 0 spiro atoms. The number of hydrogen-bond acceptors (Lipinski definition) is 2. The summed E-state index contributed by atoms with van der Waals surface area (Å²) in [7, 11) is 0. The highest BCUT2D eigenvalue weighted by atomic mass is 35.5. The molecule has 2 aromatic carbocycles. The lowest BCUT2D eigenvalue weighted by Gasteiger charge is -2.23. The predicted octanol–water partition coefficient (Wildman–Crippen LogP) is 5.55. The van der Waals surface area contributed by atoms with E-state index >= 15 is 0 Å². The predicted molar refractivity (Wildman–Crippen MR) is 105 cm³/mol. The average molecular weight is 354 g/mol. The van der Waals surface area contributed by atoms with Crippen LogP contribution in [0.1, 0.15) is 43.1 Å². The van der Waals surface area contributed by atoms with Crippen LogP contribution in [0.2, 0.25) is 5.02 Å². The molecule has 130 valence electrons. The van der Waals surface area contributed by atoms with Gasteiger partial charge in [0.05, 0.1) is 5.69 Å². The Morgan fingerprint density at radius 2 is 1.76 bits per heavy atom. The first-order valence-corrected chi connectivity index (χ1v) is 9.08. The topological polar surface area (TPSA) is 43.8 Å². The van der Waals surface area contributed by atoms with Gasteiger partial charge in [-0.1, -0.05) is 61.0 Å². The molecule has 2 unspecified atom stereocenters. The van der Waals surface area contributed by atoms with Crippen LogP contribution in [0.15, 0.2) is 60.8 Å². The van der Waals surface area contributed by atoms with Gasteiger partial charge in [-0.15, -0.1) is 0 Å². The van der Waals surface area contributed by atoms with Crippen LogP contribution in [0.4, 0.5) is 0 Å². The molecule has 0 aliphatic rings. The van der Waals surface area contributed by atoms with Crippen molar-refractivity contribution < 1.29 is 0 Å². The van der Waals surface area contributed by atoms with Crippen LogP contribution in [0.3, 0.4) is 0 Å². The molecule has 0 aliphatic heterocycles. The van der Waals surface area contributed by atoms with Crippen LogP contribution in [-0.2, 0) is 0 Å². The van der Waals surface area contributed by atoms with Crippen molar-refractivity contribution in [3.63, 3.8) is 0 Å². The van der Waals surface area contributed by atoms with Crippen LogP contribution in [0.5, 0.6) is 0 Å². The van der Waals surface area contributed by atoms with Gasteiger partial charge in [0.1, 0.15) is 5.82 Å². The van der Waals surface area contributed by atoms with Crippen molar-refractivity contribution in [3.8, 4) is 11.4 Å². The van der Waals surface area contributed by atoms with E-state index in [1.165, 1.54) is 0 Å². The highest BCUT2D eigenvalue weighted by Crippen LogP contribution is 2.30. The molecule has 0 radical (unpaired) electrons. The summed E-state index contributed by atoms with van der Waals surface area (Å²) in [4.78, 5) is 4.75. The molecule has 0 fully saturated rings. The molecule has 3 rings (SSSR count). The second kappa shape index (κ2) is 7.85. The minimum atomic E-state index is -0.0338. The van der Waals surface area contributed by atoms with E-state index in [-0.39, 0.29) is 6.04 Å². The Morgan fingerprint density at radius 3 is 2.40 bits per heavy atom. The fourth-order valence-corrected chi connectivity index (χ4v) is 3.34. The number of aryl methyl sites for hydroxylation is 1. The zero-order valence-corrected chi connectivity index (χ0v) is 15.4. The number of hydrogen-bond donors (Lipinski definition) is 1. The molecule has 3 aromatic rings. The number of nitrogens with two attached hydrogens (primary N) is 1. The van der Waals surface area contributed by atoms with Gasteiger partial charge >= 0.3 is 0 Å². The molecule has 0 aliphatic carbocycles. The number of nitrogens with zero attached hydrogens (tertiary/aromatic N) is 2.